The highest BCUT2D eigenvalue weighted by atomic mass is 15.2. The maximum absolute atomic E-state index is 3.77. The van der Waals surface area contributed by atoms with Crippen LogP contribution < -0.4 is 10.6 Å². The van der Waals surface area contributed by atoms with Crippen molar-refractivity contribution in [3.63, 3.8) is 0 Å². The van der Waals surface area contributed by atoms with Crippen molar-refractivity contribution in [2.24, 2.45) is 11.8 Å². The van der Waals surface area contributed by atoms with Gasteiger partial charge in [0.15, 0.2) is 0 Å². The summed E-state index contributed by atoms with van der Waals surface area (Å²) in [5, 5.41) is 7.48. The molecule has 96 valence electrons. The molecule has 0 spiro atoms. The Balaban J connectivity index is 1.87. The van der Waals surface area contributed by atoms with Gasteiger partial charge in [-0.3, -0.25) is 5.32 Å². The molecule has 1 aliphatic heterocycles. The maximum atomic E-state index is 3.77. The summed E-state index contributed by atoms with van der Waals surface area (Å²) in [7, 11) is 0. The zero-order chi connectivity index (χ0) is 12.5. The van der Waals surface area contributed by atoms with E-state index >= 15 is 0 Å². The standard InChI is InChI=1S/C16H22N2/c1-3-11(4-2)16-17-13-9-5-7-12-8-6-10-14(18-16)15(12)13/h5-11,13,15-18H,3-4H2,1-2H3. The summed E-state index contributed by atoms with van der Waals surface area (Å²) in [4.78, 5) is 0. The van der Waals surface area contributed by atoms with Crippen LogP contribution in [0.25, 0.3) is 0 Å². The van der Waals surface area contributed by atoms with E-state index in [1.807, 2.05) is 0 Å². The zero-order valence-corrected chi connectivity index (χ0v) is 11.2. The van der Waals surface area contributed by atoms with Gasteiger partial charge in [0.2, 0.25) is 0 Å². The van der Waals surface area contributed by atoms with E-state index in [2.05, 4.69) is 60.9 Å². The predicted molar refractivity (Wildman–Crippen MR) is 75.9 cm³/mol. The Morgan fingerprint density at radius 1 is 1.17 bits per heavy atom. The van der Waals surface area contributed by atoms with Crippen LogP contribution in [-0.2, 0) is 0 Å². The van der Waals surface area contributed by atoms with E-state index < -0.39 is 0 Å². The topological polar surface area (TPSA) is 24.1 Å². The largest absolute Gasteiger partial charge is 0.372 e. The number of hydrogen-bond donors (Lipinski definition) is 2. The molecular formula is C16H22N2. The minimum atomic E-state index is 0.406. The van der Waals surface area contributed by atoms with Crippen LogP contribution in [0.15, 0.2) is 47.7 Å². The van der Waals surface area contributed by atoms with Crippen molar-refractivity contribution in [3.05, 3.63) is 47.7 Å². The van der Waals surface area contributed by atoms with E-state index in [0.29, 0.717) is 24.0 Å². The van der Waals surface area contributed by atoms with E-state index in [9.17, 15) is 0 Å². The van der Waals surface area contributed by atoms with Gasteiger partial charge in [-0.2, -0.15) is 0 Å². The molecule has 0 radical (unpaired) electrons. The summed E-state index contributed by atoms with van der Waals surface area (Å²) in [5.74, 6) is 1.19. The number of allylic oxidation sites excluding steroid dienone is 5. The highest BCUT2D eigenvalue weighted by Gasteiger charge is 2.37. The molecule has 2 N–H and O–H groups in total. The van der Waals surface area contributed by atoms with Gasteiger partial charge < -0.3 is 5.32 Å². The predicted octanol–water partition coefficient (Wildman–Crippen LogP) is 2.88. The molecule has 3 unspecified atom stereocenters. The van der Waals surface area contributed by atoms with E-state index in [4.69, 9.17) is 0 Å². The molecule has 3 atom stereocenters. The van der Waals surface area contributed by atoms with Crippen LogP contribution in [0.3, 0.4) is 0 Å². The van der Waals surface area contributed by atoms with Crippen molar-refractivity contribution >= 4 is 0 Å². The average Bonchev–Trinajstić information content (AvgIpc) is 2.41. The lowest BCUT2D eigenvalue weighted by Crippen LogP contribution is -2.60. The van der Waals surface area contributed by atoms with Gasteiger partial charge in [0.1, 0.15) is 0 Å². The molecular weight excluding hydrogens is 220 g/mol. The number of hydrogen-bond acceptors (Lipinski definition) is 2. The van der Waals surface area contributed by atoms with E-state index in [1.165, 1.54) is 24.1 Å². The van der Waals surface area contributed by atoms with Crippen LogP contribution in [-0.4, -0.2) is 12.2 Å². The van der Waals surface area contributed by atoms with Crippen LogP contribution >= 0.6 is 0 Å². The Hall–Kier alpha value is -1.28. The summed E-state index contributed by atoms with van der Waals surface area (Å²) in [5.41, 5.74) is 2.80. The lowest BCUT2D eigenvalue weighted by Gasteiger charge is -2.44. The zero-order valence-electron chi connectivity index (χ0n) is 11.2. The number of nitrogens with one attached hydrogen (secondary N) is 2. The van der Waals surface area contributed by atoms with Crippen molar-refractivity contribution in [3.8, 4) is 0 Å². The third-order valence-corrected chi connectivity index (χ3v) is 4.44. The second kappa shape index (κ2) is 4.77. The second-order valence-corrected chi connectivity index (χ2v) is 5.40. The summed E-state index contributed by atoms with van der Waals surface area (Å²) < 4.78 is 0. The van der Waals surface area contributed by atoms with Gasteiger partial charge in [0, 0.05) is 17.7 Å². The van der Waals surface area contributed by atoms with Gasteiger partial charge in [-0.05, 0) is 17.6 Å². The van der Waals surface area contributed by atoms with Gasteiger partial charge in [-0.25, -0.2) is 0 Å². The SMILES string of the molecule is CCC(CC)C1NC2=CC=CC3=CC=CC(N1)C32. The van der Waals surface area contributed by atoms with Crippen molar-refractivity contribution < 1.29 is 0 Å². The molecule has 3 aliphatic rings. The molecule has 0 bridgehead atoms. The van der Waals surface area contributed by atoms with Crippen LogP contribution in [0.1, 0.15) is 26.7 Å². The van der Waals surface area contributed by atoms with Crippen LogP contribution in [0.5, 0.6) is 0 Å². The molecule has 1 fully saturated rings. The number of rotatable bonds is 3. The molecule has 18 heavy (non-hydrogen) atoms. The smallest absolute Gasteiger partial charge is 0.0799 e. The van der Waals surface area contributed by atoms with E-state index in [0.717, 1.165) is 0 Å². The van der Waals surface area contributed by atoms with Crippen LogP contribution in [0, 0.1) is 11.8 Å². The molecule has 1 heterocycles. The van der Waals surface area contributed by atoms with Crippen molar-refractivity contribution in [1.29, 1.82) is 0 Å². The molecule has 0 aromatic heterocycles. The molecule has 1 saturated heterocycles. The summed E-state index contributed by atoms with van der Waals surface area (Å²) in [6.45, 7) is 4.56. The monoisotopic (exact) mass is 242 g/mol. The maximum Gasteiger partial charge on any atom is 0.0799 e. The first-order valence-electron chi connectivity index (χ1n) is 7.12. The average molecular weight is 242 g/mol. The molecule has 0 aromatic carbocycles. The molecule has 2 heteroatoms. The van der Waals surface area contributed by atoms with Crippen LogP contribution in [0.4, 0.5) is 0 Å². The fourth-order valence-electron chi connectivity index (χ4n) is 3.34. The van der Waals surface area contributed by atoms with E-state index in [1.54, 1.807) is 0 Å². The van der Waals surface area contributed by atoms with Crippen molar-refractivity contribution in [1.82, 2.24) is 10.6 Å². The molecule has 2 aliphatic carbocycles. The fraction of sp³-hybridized carbons (Fsp3) is 0.500. The Bertz CT molecular complexity index is 438. The minimum Gasteiger partial charge on any atom is -0.372 e. The lowest BCUT2D eigenvalue weighted by atomic mass is 9.79. The van der Waals surface area contributed by atoms with Gasteiger partial charge in [0.05, 0.1) is 6.17 Å². The summed E-state index contributed by atoms with van der Waals surface area (Å²) >= 11 is 0. The highest BCUT2D eigenvalue weighted by molar-refractivity contribution is 5.45. The Labute approximate surface area is 110 Å². The third kappa shape index (κ3) is 1.85. The normalized spacial score (nSPS) is 32.7. The Kier molecular flexibility index (Phi) is 3.13. The van der Waals surface area contributed by atoms with Crippen molar-refractivity contribution in [2.45, 2.75) is 38.9 Å². The fourth-order valence-corrected chi connectivity index (χ4v) is 3.34. The lowest BCUT2D eigenvalue weighted by molar-refractivity contribution is 0.232. The summed E-state index contributed by atoms with van der Waals surface area (Å²) in [6.07, 6.45) is 16.2. The van der Waals surface area contributed by atoms with Gasteiger partial charge in [-0.15, -0.1) is 0 Å². The first-order valence-corrected chi connectivity index (χ1v) is 7.12. The highest BCUT2D eigenvalue weighted by Crippen LogP contribution is 2.34. The summed E-state index contributed by atoms with van der Waals surface area (Å²) in [6, 6.07) is 0.452. The molecule has 3 rings (SSSR count). The van der Waals surface area contributed by atoms with Gasteiger partial charge in [-0.1, -0.05) is 57.1 Å². The first-order chi connectivity index (χ1) is 8.83. The third-order valence-electron chi connectivity index (χ3n) is 4.44. The molecule has 0 saturated carbocycles. The molecule has 0 amide bonds. The Morgan fingerprint density at radius 3 is 2.78 bits per heavy atom. The molecule has 0 aromatic rings. The van der Waals surface area contributed by atoms with E-state index in [-0.39, 0.29) is 0 Å². The van der Waals surface area contributed by atoms with Crippen LogP contribution in [0.2, 0.25) is 0 Å². The minimum absolute atomic E-state index is 0.406. The first kappa shape index (κ1) is 11.8. The Morgan fingerprint density at radius 2 is 2.00 bits per heavy atom. The van der Waals surface area contributed by atoms with Crippen molar-refractivity contribution in [2.75, 3.05) is 0 Å². The molecule has 2 nitrogen and oxygen atoms in total. The van der Waals surface area contributed by atoms with Gasteiger partial charge >= 0.3 is 0 Å². The quantitative estimate of drug-likeness (QED) is 0.795. The second-order valence-electron chi connectivity index (χ2n) is 5.40. The van der Waals surface area contributed by atoms with Gasteiger partial charge in [0.25, 0.3) is 0 Å².